The van der Waals surface area contributed by atoms with Crippen molar-refractivity contribution in [3.63, 3.8) is 0 Å². The van der Waals surface area contributed by atoms with Crippen LogP contribution in [0.15, 0.2) is 79.5 Å². The van der Waals surface area contributed by atoms with Gasteiger partial charge in [-0.05, 0) is 214 Å². The first-order chi connectivity index (χ1) is 37.7. The van der Waals surface area contributed by atoms with Gasteiger partial charge in [0.05, 0.1) is 6.10 Å². The predicted octanol–water partition coefficient (Wildman–Crippen LogP) is 17.5. The van der Waals surface area contributed by atoms with E-state index in [1.54, 1.807) is 48.3 Å². The number of aliphatic hydroxyl groups excluding tert-OH is 1. The number of hydrogen-bond acceptors (Lipinski definition) is 7. The number of aliphatic hydroxyl groups is 1. The van der Waals surface area contributed by atoms with Gasteiger partial charge in [-0.3, -0.25) is 9.13 Å². The standard InChI is InChI=1S/C33H52N2O2.C29H50O.C7H6N4O/c1-7-24(22(2)3)9-8-23(4)28-12-13-29-27-11-10-25-20-26(37-31(36)35-19-18-34-21-35)14-16-32(25,5)30(27)15-17-33(28,29)6;1-7-21(19(2)3)9-8-20(4)25-12-13-26-24-11-10-22-18-23(30)14-16-28(22,5)27(24)15-17-29(25,26)6;12-7(10-3-1-8-5-10)11-4-2-9-6-11/h10,18-19,21-24,26-30H,7-9,11-17,20H2,1-6H3;10,19-21,23-27,30H,7-9,11-18H2,1-6H3;1-6H/t23-,24-,26+,27+,28-,29+,30+,32+,33-;20-,21-,23+,24+,25-,26+,27+,28+,29-;/m11./s1. The van der Waals surface area contributed by atoms with E-state index in [4.69, 9.17) is 4.74 Å². The quantitative estimate of drug-likeness (QED) is 0.169. The Balaban J connectivity index is 0.000000160. The van der Waals surface area contributed by atoms with Gasteiger partial charge >= 0.3 is 12.1 Å². The Kier molecular flexibility index (Phi) is 18.9. The van der Waals surface area contributed by atoms with Crippen LogP contribution >= 0.6 is 0 Å². The highest BCUT2D eigenvalue weighted by atomic mass is 16.6. The number of carbonyl (C=O) groups excluding carboxylic acids is 2. The molecule has 3 aromatic rings. The second-order valence-corrected chi connectivity index (χ2v) is 29.2. The Morgan fingerprint density at radius 1 is 0.570 bits per heavy atom. The van der Waals surface area contributed by atoms with E-state index in [0.717, 1.165) is 115 Å². The van der Waals surface area contributed by atoms with Crippen molar-refractivity contribution < 1.29 is 19.4 Å². The van der Waals surface area contributed by atoms with Gasteiger partial charge in [-0.2, -0.15) is 0 Å². The maximum Gasteiger partial charge on any atom is 0.419 e. The van der Waals surface area contributed by atoms with Gasteiger partial charge in [0.15, 0.2) is 0 Å². The number of nitrogens with zero attached hydrogens (tertiary/aromatic N) is 6. The molecule has 0 radical (unpaired) electrons. The van der Waals surface area contributed by atoms with Crippen molar-refractivity contribution in [1.29, 1.82) is 0 Å². The summed E-state index contributed by atoms with van der Waals surface area (Å²) in [4.78, 5) is 35.4. The van der Waals surface area contributed by atoms with Crippen LogP contribution < -0.4 is 0 Å². The molecule has 3 aromatic heterocycles. The lowest BCUT2D eigenvalue weighted by Gasteiger charge is -2.58. The third-order valence-electron chi connectivity index (χ3n) is 25.0. The van der Waals surface area contributed by atoms with E-state index in [9.17, 15) is 14.7 Å². The van der Waals surface area contributed by atoms with E-state index in [0.29, 0.717) is 16.2 Å². The minimum absolute atomic E-state index is 0.00544. The number of imidazole rings is 3. The van der Waals surface area contributed by atoms with E-state index >= 15 is 0 Å². The largest absolute Gasteiger partial charge is 0.445 e. The highest BCUT2D eigenvalue weighted by Gasteiger charge is 2.61. The van der Waals surface area contributed by atoms with E-state index in [1.165, 1.54) is 142 Å². The zero-order chi connectivity index (χ0) is 56.4. The molecule has 0 saturated heterocycles. The third kappa shape index (κ3) is 12.0. The molecule has 8 aliphatic rings. The topological polar surface area (TPSA) is 117 Å². The molecule has 6 saturated carbocycles. The summed E-state index contributed by atoms with van der Waals surface area (Å²) in [5.41, 5.74) is 4.98. The number of aromatic nitrogens is 6. The molecule has 10 nitrogen and oxygen atoms in total. The highest BCUT2D eigenvalue weighted by molar-refractivity contribution is 5.78. The molecule has 6 fully saturated rings. The van der Waals surface area contributed by atoms with Gasteiger partial charge in [0.1, 0.15) is 25.1 Å². The molecule has 10 heteroatoms. The molecule has 0 amide bonds. The maximum atomic E-state index is 12.5. The molecule has 0 aromatic carbocycles. The lowest BCUT2D eigenvalue weighted by atomic mass is 9.47. The van der Waals surface area contributed by atoms with Crippen molar-refractivity contribution in [2.24, 2.45) is 105 Å². The molecule has 3 heterocycles. The number of ether oxygens (including phenoxy) is 1. The predicted molar refractivity (Wildman–Crippen MR) is 319 cm³/mol. The Hall–Kier alpha value is -3.79. The van der Waals surface area contributed by atoms with E-state index in [-0.39, 0.29) is 29.7 Å². The van der Waals surface area contributed by atoms with Crippen molar-refractivity contribution in [2.75, 3.05) is 0 Å². The first kappa shape index (κ1) is 59.8. The van der Waals surface area contributed by atoms with Crippen LogP contribution in [0.3, 0.4) is 0 Å². The van der Waals surface area contributed by atoms with Gasteiger partial charge in [-0.25, -0.2) is 29.1 Å². The summed E-state index contributed by atoms with van der Waals surface area (Å²) in [6.07, 6.45) is 47.5. The molecule has 0 unspecified atom stereocenters. The van der Waals surface area contributed by atoms with Crippen LogP contribution in [0.4, 0.5) is 9.59 Å². The monoisotopic (exact) mass is 1080 g/mol. The number of fused-ring (bicyclic) bond motifs is 10. The normalized spacial score (nSPS) is 36.9. The summed E-state index contributed by atoms with van der Waals surface area (Å²) >= 11 is 0. The summed E-state index contributed by atoms with van der Waals surface area (Å²) in [7, 11) is 0. The number of allylic oxidation sites excluding steroid dienone is 2. The van der Waals surface area contributed by atoms with Crippen LogP contribution in [0.2, 0.25) is 0 Å². The fourth-order valence-corrected chi connectivity index (χ4v) is 20.1. The summed E-state index contributed by atoms with van der Waals surface area (Å²) in [5.74, 6) is 12.3. The zero-order valence-corrected chi connectivity index (χ0v) is 51.5. The molecule has 79 heavy (non-hydrogen) atoms. The molecule has 8 aliphatic carbocycles. The molecular formula is C69H108N6O4. The number of carbonyl (C=O) groups is 2. The second kappa shape index (κ2) is 25.0. The molecule has 0 bridgehead atoms. The first-order valence-corrected chi connectivity index (χ1v) is 32.5. The maximum absolute atomic E-state index is 12.5. The second-order valence-electron chi connectivity index (χ2n) is 29.2. The summed E-state index contributed by atoms with van der Waals surface area (Å²) in [6, 6.07) is -0.190. The minimum atomic E-state index is -0.293. The van der Waals surface area contributed by atoms with E-state index in [1.807, 2.05) is 0 Å². The van der Waals surface area contributed by atoms with Crippen LogP contribution in [-0.2, 0) is 4.74 Å². The van der Waals surface area contributed by atoms with E-state index in [2.05, 4.69) is 110 Å². The summed E-state index contributed by atoms with van der Waals surface area (Å²) in [5, 5.41) is 10.2. The highest BCUT2D eigenvalue weighted by Crippen LogP contribution is 2.69. The Morgan fingerprint density at radius 3 is 1.44 bits per heavy atom. The van der Waals surface area contributed by atoms with Crippen LogP contribution in [0.1, 0.15) is 224 Å². The fourth-order valence-electron chi connectivity index (χ4n) is 20.1. The Morgan fingerprint density at radius 2 is 1.01 bits per heavy atom. The molecular weight excluding hydrogens is 977 g/mol. The lowest BCUT2D eigenvalue weighted by molar-refractivity contribution is -0.0583. The van der Waals surface area contributed by atoms with Gasteiger partial charge in [0.25, 0.3) is 0 Å². The Bertz CT molecular complexity index is 2460. The van der Waals surface area contributed by atoms with Gasteiger partial charge in [-0.15, -0.1) is 0 Å². The van der Waals surface area contributed by atoms with Crippen LogP contribution in [0.5, 0.6) is 0 Å². The van der Waals surface area contributed by atoms with Gasteiger partial charge in [-0.1, -0.05) is 132 Å². The Labute approximate surface area is 478 Å². The molecule has 1 N–H and O–H groups in total. The van der Waals surface area contributed by atoms with Crippen molar-refractivity contribution >= 4 is 12.1 Å². The van der Waals surface area contributed by atoms with Gasteiger partial charge in [0.2, 0.25) is 0 Å². The first-order valence-electron chi connectivity index (χ1n) is 32.5. The average Bonchev–Trinajstić information content (AvgIpc) is 4.08. The molecule has 0 spiro atoms. The molecule has 0 aliphatic heterocycles. The molecule has 18 atom stereocenters. The van der Waals surface area contributed by atoms with Crippen LogP contribution in [0, 0.1) is 105 Å². The smallest absolute Gasteiger partial charge is 0.419 e. The van der Waals surface area contributed by atoms with Crippen molar-refractivity contribution in [2.45, 2.75) is 237 Å². The molecule has 438 valence electrons. The number of hydrogen-bond donors (Lipinski definition) is 1. The molecule has 11 rings (SSSR count). The fraction of sp³-hybridized carbons (Fsp3) is 0.783. The SMILES string of the molecule is CC[C@H](CC[C@@H](C)[C@H]1CC[C@H]2[C@@H]3CC=C4C[C@@H](O)CC[C@]4(C)[C@H]3CC[C@]12C)C(C)C.CC[C@H](CC[C@@H](C)[C@H]1CC[C@H]2[C@@H]3CC=C4C[C@@H](OC(=O)n5ccnc5)CC[C@]4(C)[C@H]3CC[C@]12C)C(C)C.O=C(n1ccnc1)n1ccnc1. The van der Waals surface area contributed by atoms with Gasteiger partial charge < -0.3 is 9.84 Å². The number of rotatable bonds is 13. The van der Waals surface area contributed by atoms with Crippen LogP contribution in [-0.4, -0.2) is 58.1 Å². The van der Waals surface area contributed by atoms with Crippen molar-refractivity contribution in [3.8, 4) is 0 Å². The van der Waals surface area contributed by atoms with E-state index < -0.39 is 0 Å². The van der Waals surface area contributed by atoms with Gasteiger partial charge in [0, 0.05) is 43.6 Å². The zero-order valence-electron chi connectivity index (χ0n) is 51.5. The average molecular weight is 1090 g/mol. The van der Waals surface area contributed by atoms with Crippen LogP contribution in [0.25, 0.3) is 0 Å². The third-order valence-corrected chi connectivity index (χ3v) is 25.0. The minimum Gasteiger partial charge on any atom is -0.445 e. The van der Waals surface area contributed by atoms with Crippen molar-refractivity contribution in [3.05, 3.63) is 79.5 Å². The lowest BCUT2D eigenvalue weighted by Crippen LogP contribution is -2.51. The summed E-state index contributed by atoms with van der Waals surface area (Å²) in [6.45, 7) is 30.1. The van der Waals surface area contributed by atoms with Crippen molar-refractivity contribution in [1.82, 2.24) is 28.7 Å². The summed E-state index contributed by atoms with van der Waals surface area (Å²) < 4.78 is 10.1.